The number of carbonyl (C=O) groups is 3. The normalized spacial score (nSPS) is 29.0. The van der Waals surface area contributed by atoms with Gasteiger partial charge in [-0.2, -0.15) is 0 Å². The van der Waals surface area contributed by atoms with Crippen molar-refractivity contribution < 1.29 is 14.4 Å². The van der Waals surface area contributed by atoms with Crippen molar-refractivity contribution in [2.45, 2.75) is 75.7 Å². The SMILES string of the molecule is NC1CCN(Cc2cccc3c2CN(C2CCC(=O)NC2=O)C3=O)C2(CCC2)C1. The van der Waals surface area contributed by atoms with Gasteiger partial charge in [-0.05, 0) is 55.7 Å². The molecule has 1 saturated carbocycles. The molecule has 0 bridgehead atoms. The van der Waals surface area contributed by atoms with Gasteiger partial charge in [0.15, 0.2) is 0 Å². The van der Waals surface area contributed by atoms with Gasteiger partial charge in [0.05, 0.1) is 0 Å². The number of imide groups is 1. The van der Waals surface area contributed by atoms with Gasteiger partial charge >= 0.3 is 0 Å². The number of nitrogens with two attached hydrogens (primary N) is 1. The van der Waals surface area contributed by atoms with Crippen LogP contribution in [0.1, 0.15) is 66.4 Å². The lowest BCUT2D eigenvalue weighted by Gasteiger charge is -2.55. The van der Waals surface area contributed by atoms with Gasteiger partial charge in [0.1, 0.15) is 6.04 Å². The number of rotatable bonds is 3. The summed E-state index contributed by atoms with van der Waals surface area (Å²) in [6.45, 7) is 2.26. The maximum absolute atomic E-state index is 13.0. The average molecular weight is 396 g/mol. The number of piperidine rings is 2. The van der Waals surface area contributed by atoms with Gasteiger partial charge in [0.2, 0.25) is 11.8 Å². The van der Waals surface area contributed by atoms with E-state index in [1.54, 1.807) is 4.90 Å². The van der Waals surface area contributed by atoms with Gasteiger partial charge in [-0.25, -0.2) is 0 Å². The minimum absolute atomic E-state index is 0.102. The molecular weight excluding hydrogens is 368 g/mol. The van der Waals surface area contributed by atoms with Crippen LogP contribution in [0.25, 0.3) is 0 Å². The zero-order chi connectivity index (χ0) is 20.2. The molecule has 7 heteroatoms. The second-order valence-electron chi connectivity index (χ2n) is 9.10. The summed E-state index contributed by atoms with van der Waals surface area (Å²) >= 11 is 0. The molecule has 1 aliphatic carbocycles. The Morgan fingerprint density at radius 2 is 2.00 bits per heavy atom. The van der Waals surface area contributed by atoms with E-state index in [1.807, 2.05) is 12.1 Å². The molecule has 3 heterocycles. The Labute approximate surface area is 170 Å². The molecule has 1 spiro atoms. The van der Waals surface area contributed by atoms with E-state index in [-0.39, 0.29) is 35.7 Å². The summed E-state index contributed by atoms with van der Waals surface area (Å²) in [6, 6.07) is 5.65. The summed E-state index contributed by atoms with van der Waals surface area (Å²) in [5.41, 5.74) is 9.40. The molecule has 2 saturated heterocycles. The fourth-order valence-electron chi connectivity index (χ4n) is 5.63. The molecule has 2 atom stereocenters. The standard InChI is InChI=1S/C22H28N4O3/c23-15-7-10-25(22(11-15)8-2-9-22)12-14-3-1-4-16-17(14)13-26(21(16)29)18-5-6-19(27)24-20(18)28/h1,3-4,15,18H,2,5-13,23H2,(H,24,27,28). The lowest BCUT2D eigenvalue weighted by Crippen LogP contribution is -2.60. The molecule has 154 valence electrons. The molecule has 3 N–H and O–H groups in total. The third-order valence-electron chi connectivity index (χ3n) is 7.41. The number of amides is 3. The van der Waals surface area contributed by atoms with E-state index in [4.69, 9.17) is 5.73 Å². The zero-order valence-electron chi connectivity index (χ0n) is 16.7. The number of hydrogen-bond acceptors (Lipinski definition) is 5. The first-order valence-corrected chi connectivity index (χ1v) is 10.7. The summed E-state index contributed by atoms with van der Waals surface area (Å²) in [4.78, 5) is 41.0. The number of nitrogens with one attached hydrogen (secondary N) is 1. The molecule has 7 nitrogen and oxygen atoms in total. The van der Waals surface area contributed by atoms with Crippen molar-refractivity contribution in [3.8, 4) is 0 Å². The molecule has 5 rings (SSSR count). The molecule has 2 unspecified atom stereocenters. The number of fused-ring (bicyclic) bond motifs is 1. The van der Waals surface area contributed by atoms with Crippen molar-refractivity contribution in [1.82, 2.24) is 15.1 Å². The average Bonchev–Trinajstić information content (AvgIpc) is 2.99. The number of benzene rings is 1. The third-order valence-corrected chi connectivity index (χ3v) is 7.41. The molecule has 1 aromatic rings. The maximum atomic E-state index is 13.0. The fourth-order valence-corrected chi connectivity index (χ4v) is 5.63. The summed E-state index contributed by atoms with van der Waals surface area (Å²) in [5.74, 6) is -0.719. The molecular formula is C22H28N4O3. The van der Waals surface area contributed by atoms with E-state index in [0.717, 1.165) is 31.5 Å². The summed E-state index contributed by atoms with van der Waals surface area (Å²) in [5, 5.41) is 2.37. The Hall–Kier alpha value is -2.25. The van der Waals surface area contributed by atoms with Crippen LogP contribution in [0.4, 0.5) is 0 Å². The summed E-state index contributed by atoms with van der Waals surface area (Å²) in [7, 11) is 0. The van der Waals surface area contributed by atoms with E-state index in [1.165, 1.54) is 24.8 Å². The van der Waals surface area contributed by atoms with E-state index >= 15 is 0 Å². The van der Waals surface area contributed by atoms with Crippen molar-refractivity contribution in [2.75, 3.05) is 6.54 Å². The molecule has 3 aliphatic heterocycles. The monoisotopic (exact) mass is 396 g/mol. The quantitative estimate of drug-likeness (QED) is 0.751. The van der Waals surface area contributed by atoms with Crippen LogP contribution in [0.2, 0.25) is 0 Å². The van der Waals surface area contributed by atoms with E-state index in [9.17, 15) is 14.4 Å². The predicted octanol–water partition coefficient (Wildman–Crippen LogP) is 1.29. The van der Waals surface area contributed by atoms with Gasteiger partial charge in [-0.1, -0.05) is 12.1 Å². The highest BCUT2D eigenvalue weighted by Gasteiger charge is 2.46. The second kappa shape index (κ2) is 6.92. The Kier molecular flexibility index (Phi) is 4.47. The highest BCUT2D eigenvalue weighted by molar-refractivity contribution is 6.05. The summed E-state index contributed by atoms with van der Waals surface area (Å²) in [6.07, 6.45) is 6.42. The zero-order valence-corrected chi connectivity index (χ0v) is 16.7. The Bertz CT molecular complexity index is 879. The van der Waals surface area contributed by atoms with Crippen LogP contribution in [0, 0.1) is 0 Å². The smallest absolute Gasteiger partial charge is 0.255 e. The van der Waals surface area contributed by atoms with Crippen molar-refractivity contribution in [1.29, 1.82) is 0 Å². The topological polar surface area (TPSA) is 95.7 Å². The molecule has 0 radical (unpaired) electrons. The lowest BCUT2D eigenvalue weighted by molar-refractivity contribution is -0.136. The van der Waals surface area contributed by atoms with Crippen LogP contribution in [0.15, 0.2) is 18.2 Å². The van der Waals surface area contributed by atoms with Crippen molar-refractivity contribution in [2.24, 2.45) is 5.73 Å². The van der Waals surface area contributed by atoms with E-state index in [2.05, 4.69) is 16.3 Å². The number of carbonyl (C=O) groups excluding carboxylic acids is 3. The highest BCUT2D eigenvalue weighted by atomic mass is 16.2. The van der Waals surface area contributed by atoms with Crippen LogP contribution in [0.5, 0.6) is 0 Å². The van der Waals surface area contributed by atoms with Gasteiger partial charge < -0.3 is 10.6 Å². The van der Waals surface area contributed by atoms with Crippen molar-refractivity contribution in [3.05, 3.63) is 34.9 Å². The largest absolute Gasteiger partial charge is 0.328 e. The predicted molar refractivity (Wildman–Crippen MR) is 107 cm³/mol. The number of hydrogen-bond donors (Lipinski definition) is 2. The Morgan fingerprint density at radius 3 is 2.72 bits per heavy atom. The Balaban J connectivity index is 1.38. The molecule has 4 aliphatic rings. The Morgan fingerprint density at radius 1 is 1.17 bits per heavy atom. The molecule has 29 heavy (non-hydrogen) atoms. The lowest BCUT2D eigenvalue weighted by atomic mass is 9.68. The van der Waals surface area contributed by atoms with Crippen LogP contribution >= 0.6 is 0 Å². The van der Waals surface area contributed by atoms with Crippen LogP contribution in [-0.2, 0) is 22.7 Å². The van der Waals surface area contributed by atoms with Crippen LogP contribution < -0.4 is 11.1 Å². The fraction of sp³-hybridized carbons (Fsp3) is 0.591. The van der Waals surface area contributed by atoms with E-state index < -0.39 is 6.04 Å². The third kappa shape index (κ3) is 3.07. The van der Waals surface area contributed by atoms with Gasteiger partial charge in [0, 0.05) is 43.2 Å². The first-order valence-electron chi connectivity index (χ1n) is 10.7. The maximum Gasteiger partial charge on any atom is 0.255 e. The van der Waals surface area contributed by atoms with Gasteiger partial charge in [-0.15, -0.1) is 0 Å². The molecule has 1 aromatic carbocycles. The van der Waals surface area contributed by atoms with Crippen LogP contribution in [0.3, 0.4) is 0 Å². The first kappa shape index (κ1) is 18.8. The van der Waals surface area contributed by atoms with Gasteiger partial charge in [-0.3, -0.25) is 24.6 Å². The van der Waals surface area contributed by atoms with Crippen LogP contribution in [-0.4, -0.2) is 51.7 Å². The highest BCUT2D eigenvalue weighted by Crippen LogP contribution is 2.45. The minimum atomic E-state index is -0.564. The second-order valence-corrected chi connectivity index (χ2v) is 9.10. The molecule has 0 aromatic heterocycles. The molecule has 3 amide bonds. The summed E-state index contributed by atoms with van der Waals surface area (Å²) < 4.78 is 0. The molecule has 3 fully saturated rings. The number of nitrogens with zero attached hydrogens (tertiary/aromatic N) is 2. The van der Waals surface area contributed by atoms with Gasteiger partial charge in [0.25, 0.3) is 5.91 Å². The first-order chi connectivity index (χ1) is 14.0. The number of likely N-dealkylation sites (tertiary alicyclic amines) is 1. The minimum Gasteiger partial charge on any atom is -0.328 e. The van der Waals surface area contributed by atoms with Crippen molar-refractivity contribution >= 4 is 17.7 Å². The van der Waals surface area contributed by atoms with Crippen molar-refractivity contribution in [3.63, 3.8) is 0 Å². The van der Waals surface area contributed by atoms with E-state index in [0.29, 0.717) is 18.5 Å².